The first-order valence-corrected chi connectivity index (χ1v) is 7.55. The SMILES string of the molecule is CC(C)Oc1ccc2c(C(=O)NCC3CC3)cc(=O)oc2c1. The molecule has 1 N–H and O–H groups in total. The lowest BCUT2D eigenvalue weighted by Crippen LogP contribution is -2.26. The minimum absolute atomic E-state index is 0.0224. The minimum Gasteiger partial charge on any atom is -0.491 e. The van der Waals surface area contributed by atoms with Crippen LogP contribution in [-0.2, 0) is 0 Å². The van der Waals surface area contributed by atoms with Crippen LogP contribution in [-0.4, -0.2) is 18.6 Å². The fourth-order valence-electron chi connectivity index (χ4n) is 2.33. The molecular formula is C17H19NO4. The first-order chi connectivity index (χ1) is 10.5. The zero-order valence-corrected chi connectivity index (χ0v) is 12.7. The summed E-state index contributed by atoms with van der Waals surface area (Å²) in [6.45, 7) is 4.50. The molecule has 1 aliphatic rings. The first-order valence-electron chi connectivity index (χ1n) is 7.55. The lowest BCUT2D eigenvalue weighted by atomic mass is 10.1. The van der Waals surface area contributed by atoms with Crippen molar-refractivity contribution in [3.8, 4) is 5.75 Å². The fraction of sp³-hybridized carbons (Fsp3) is 0.412. The van der Waals surface area contributed by atoms with Crippen LogP contribution in [0.3, 0.4) is 0 Å². The summed E-state index contributed by atoms with van der Waals surface area (Å²) in [5.41, 5.74) is 0.177. The molecule has 0 radical (unpaired) electrons. The van der Waals surface area contributed by atoms with Crippen molar-refractivity contribution in [2.45, 2.75) is 32.8 Å². The van der Waals surface area contributed by atoms with E-state index in [2.05, 4.69) is 5.32 Å². The Morgan fingerprint density at radius 3 is 2.82 bits per heavy atom. The zero-order chi connectivity index (χ0) is 15.7. The van der Waals surface area contributed by atoms with Gasteiger partial charge in [0.1, 0.15) is 11.3 Å². The Labute approximate surface area is 128 Å². The lowest BCUT2D eigenvalue weighted by molar-refractivity contribution is 0.0953. The first kappa shape index (κ1) is 14.6. The van der Waals surface area contributed by atoms with Gasteiger partial charge in [0.2, 0.25) is 0 Å². The number of amides is 1. The van der Waals surface area contributed by atoms with E-state index in [1.54, 1.807) is 18.2 Å². The zero-order valence-electron chi connectivity index (χ0n) is 12.7. The molecule has 0 saturated heterocycles. The summed E-state index contributed by atoms with van der Waals surface area (Å²) in [5.74, 6) is 0.963. The molecular weight excluding hydrogens is 282 g/mol. The van der Waals surface area contributed by atoms with Crippen molar-refractivity contribution in [3.05, 3.63) is 40.2 Å². The van der Waals surface area contributed by atoms with Gasteiger partial charge < -0.3 is 14.5 Å². The van der Waals surface area contributed by atoms with E-state index in [0.29, 0.717) is 34.7 Å². The number of nitrogens with one attached hydrogen (secondary N) is 1. The van der Waals surface area contributed by atoms with E-state index in [9.17, 15) is 9.59 Å². The molecule has 0 spiro atoms. The van der Waals surface area contributed by atoms with E-state index in [-0.39, 0.29) is 12.0 Å². The number of benzene rings is 1. The molecule has 0 aliphatic heterocycles. The van der Waals surface area contributed by atoms with E-state index < -0.39 is 5.63 Å². The van der Waals surface area contributed by atoms with Gasteiger partial charge in [0.15, 0.2) is 0 Å². The molecule has 1 aromatic carbocycles. The smallest absolute Gasteiger partial charge is 0.337 e. The summed E-state index contributed by atoms with van der Waals surface area (Å²) >= 11 is 0. The lowest BCUT2D eigenvalue weighted by Gasteiger charge is -2.11. The number of carbonyl (C=O) groups is 1. The maximum atomic E-state index is 12.3. The predicted octanol–water partition coefficient (Wildman–Crippen LogP) is 2.72. The number of fused-ring (bicyclic) bond motifs is 1. The molecule has 5 heteroatoms. The molecule has 2 aromatic rings. The minimum atomic E-state index is -0.536. The molecule has 3 rings (SSSR count). The fourth-order valence-corrected chi connectivity index (χ4v) is 2.33. The number of hydrogen-bond acceptors (Lipinski definition) is 4. The van der Waals surface area contributed by atoms with Crippen LogP contribution in [0.2, 0.25) is 0 Å². The molecule has 5 nitrogen and oxygen atoms in total. The Morgan fingerprint density at radius 2 is 2.14 bits per heavy atom. The van der Waals surface area contributed by atoms with Crippen LogP contribution >= 0.6 is 0 Å². The number of rotatable bonds is 5. The standard InChI is InChI=1S/C17H19NO4/c1-10(2)21-12-5-6-13-14(8-16(19)22-15(13)7-12)17(20)18-9-11-3-4-11/h5-8,10-11H,3-4,9H2,1-2H3,(H,18,20). The van der Waals surface area contributed by atoms with Gasteiger partial charge >= 0.3 is 5.63 Å². The molecule has 1 saturated carbocycles. The molecule has 1 amide bonds. The highest BCUT2D eigenvalue weighted by Crippen LogP contribution is 2.28. The van der Waals surface area contributed by atoms with Crippen molar-refractivity contribution in [2.24, 2.45) is 5.92 Å². The largest absolute Gasteiger partial charge is 0.491 e. The van der Waals surface area contributed by atoms with Crippen molar-refractivity contribution in [3.63, 3.8) is 0 Å². The van der Waals surface area contributed by atoms with E-state index in [1.165, 1.54) is 6.07 Å². The quantitative estimate of drug-likeness (QED) is 0.862. The predicted molar refractivity (Wildman–Crippen MR) is 83.3 cm³/mol. The van der Waals surface area contributed by atoms with Crippen molar-refractivity contribution < 1.29 is 13.9 Å². The van der Waals surface area contributed by atoms with Crippen LogP contribution in [0.1, 0.15) is 37.0 Å². The monoisotopic (exact) mass is 301 g/mol. The Kier molecular flexibility index (Phi) is 3.88. The van der Waals surface area contributed by atoms with E-state index >= 15 is 0 Å². The van der Waals surface area contributed by atoms with Crippen molar-refractivity contribution in [1.29, 1.82) is 0 Å². The second-order valence-electron chi connectivity index (χ2n) is 5.96. The van der Waals surface area contributed by atoms with Gasteiger partial charge in [-0.3, -0.25) is 4.79 Å². The number of carbonyl (C=O) groups excluding carboxylic acids is 1. The van der Waals surface area contributed by atoms with Gasteiger partial charge in [0.05, 0.1) is 11.7 Å². The summed E-state index contributed by atoms with van der Waals surface area (Å²) in [6, 6.07) is 6.42. The van der Waals surface area contributed by atoms with E-state index in [1.807, 2.05) is 13.8 Å². The maximum absolute atomic E-state index is 12.3. The van der Waals surface area contributed by atoms with Crippen LogP contribution in [0.25, 0.3) is 11.0 Å². The van der Waals surface area contributed by atoms with E-state index in [4.69, 9.17) is 9.15 Å². The third-order valence-corrected chi connectivity index (χ3v) is 3.58. The molecule has 1 aromatic heterocycles. The maximum Gasteiger partial charge on any atom is 0.337 e. The van der Waals surface area contributed by atoms with Crippen LogP contribution in [0.15, 0.2) is 33.5 Å². The van der Waals surface area contributed by atoms with Gasteiger partial charge in [-0.1, -0.05) is 0 Å². The van der Waals surface area contributed by atoms with Crippen molar-refractivity contribution in [1.82, 2.24) is 5.32 Å². The van der Waals surface area contributed by atoms with Crippen molar-refractivity contribution in [2.75, 3.05) is 6.54 Å². The topological polar surface area (TPSA) is 68.5 Å². The molecule has 1 aliphatic carbocycles. The molecule has 1 heterocycles. The second kappa shape index (κ2) is 5.83. The van der Waals surface area contributed by atoms with Gasteiger partial charge in [-0.05, 0) is 44.7 Å². The summed E-state index contributed by atoms with van der Waals surface area (Å²) in [5, 5.41) is 3.49. The van der Waals surface area contributed by atoms with Gasteiger partial charge in [-0.2, -0.15) is 0 Å². The molecule has 116 valence electrons. The third-order valence-electron chi connectivity index (χ3n) is 3.58. The van der Waals surface area contributed by atoms with Crippen LogP contribution in [0.4, 0.5) is 0 Å². The Morgan fingerprint density at radius 1 is 1.36 bits per heavy atom. The summed E-state index contributed by atoms with van der Waals surface area (Å²) in [7, 11) is 0. The highest BCUT2D eigenvalue weighted by Gasteiger charge is 2.22. The highest BCUT2D eigenvalue weighted by atomic mass is 16.5. The average Bonchev–Trinajstić information content (AvgIpc) is 3.27. The Bertz CT molecular complexity index is 759. The average molecular weight is 301 g/mol. The van der Waals surface area contributed by atoms with Gasteiger partial charge in [0, 0.05) is 24.1 Å². The normalized spacial score (nSPS) is 14.3. The van der Waals surface area contributed by atoms with Crippen LogP contribution in [0, 0.1) is 5.92 Å². The molecule has 1 fully saturated rings. The summed E-state index contributed by atoms with van der Waals surface area (Å²) in [6.07, 6.45) is 2.34. The number of ether oxygens (including phenoxy) is 1. The second-order valence-corrected chi connectivity index (χ2v) is 5.96. The summed E-state index contributed by atoms with van der Waals surface area (Å²) in [4.78, 5) is 24.0. The Hall–Kier alpha value is -2.30. The van der Waals surface area contributed by atoms with Gasteiger partial charge in [0.25, 0.3) is 5.91 Å². The molecule has 0 unspecified atom stereocenters. The number of hydrogen-bond donors (Lipinski definition) is 1. The Balaban J connectivity index is 1.94. The van der Waals surface area contributed by atoms with Crippen LogP contribution in [0.5, 0.6) is 5.75 Å². The molecule has 0 bridgehead atoms. The molecule has 0 atom stereocenters. The van der Waals surface area contributed by atoms with Gasteiger partial charge in [-0.25, -0.2) is 4.79 Å². The van der Waals surface area contributed by atoms with E-state index in [0.717, 1.165) is 12.8 Å². The van der Waals surface area contributed by atoms with Crippen molar-refractivity contribution >= 4 is 16.9 Å². The molecule has 22 heavy (non-hydrogen) atoms. The van der Waals surface area contributed by atoms with Crippen LogP contribution < -0.4 is 15.7 Å². The highest BCUT2D eigenvalue weighted by molar-refractivity contribution is 6.05. The summed E-state index contributed by atoms with van der Waals surface area (Å²) < 4.78 is 10.8. The third kappa shape index (κ3) is 3.30. The van der Waals surface area contributed by atoms with Gasteiger partial charge in [-0.15, -0.1) is 0 Å².